The summed E-state index contributed by atoms with van der Waals surface area (Å²) in [6.07, 6.45) is 0. The van der Waals surface area contributed by atoms with Gasteiger partial charge in [0.1, 0.15) is 0 Å². The van der Waals surface area contributed by atoms with Crippen LogP contribution in [-0.2, 0) is 0 Å². The Morgan fingerprint density at radius 1 is 0.929 bits per heavy atom. The average molecular weight is 228 g/mol. The number of rotatable bonds is 2. The van der Waals surface area contributed by atoms with Crippen molar-refractivity contribution in [2.75, 3.05) is 0 Å². The molecule has 0 amide bonds. The summed E-state index contributed by atoms with van der Waals surface area (Å²) in [4.78, 5) is 20.6. The third-order valence-corrected chi connectivity index (χ3v) is 1.37. The molecule has 0 fully saturated rings. The largest absolute Gasteiger partial charge is 2.00 e. The number of carbonyl (C=O) groups excluding carboxylic acids is 2. The molecule has 0 atom stereocenters. The first kappa shape index (κ1) is 17.0. The van der Waals surface area contributed by atoms with E-state index in [2.05, 4.69) is 0 Å². The number of carbonyl (C=O) groups is 2. The Kier molecular flexibility index (Phi) is 9.46. The van der Waals surface area contributed by atoms with Crippen LogP contribution < -0.4 is 61.6 Å². The molecule has 1 aromatic carbocycles. The Balaban J connectivity index is 0. The SMILES string of the molecule is O=C([O-])c1ccccc1C(=O)[O-].[K+].[Mg+2]. The first-order chi connectivity index (χ1) is 5.63. The number of hydrogen-bond acceptors (Lipinski definition) is 4. The molecule has 0 aromatic heterocycles. The minimum absolute atomic E-state index is 0. The van der Waals surface area contributed by atoms with Crippen LogP contribution in [0.15, 0.2) is 24.3 Å². The quantitative estimate of drug-likeness (QED) is 0.474. The van der Waals surface area contributed by atoms with E-state index in [1.807, 2.05) is 0 Å². The predicted molar refractivity (Wildman–Crippen MR) is 40.9 cm³/mol. The maximum absolute atomic E-state index is 10.3. The maximum Gasteiger partial charge on any atom is 2.00 e. The monoisotopic (exact) mass is 227 g/mol. The first-order valence-electron chi connectivity index (χ1n) is 3.14. The summed E-state index contributed by atoms with van der Waals surface area (Å²) in [5, 5.41) is 20.6. The topological polar surface area (TPSA) is 80.3 Å². The van der Waals surface area contributed by atoms with Crippen LogP contribution in [0, 0.1) is 0 Å². The Morgan fingerprint density at radius 3 is 1.43 bits per heavy atom. The van der Waals surface area contributed by atoms with Gasteiger partial charge in [-0.15, -0.1) is 0 Å². The van der Waals surface area contributed by atoms with Gasteiger partial charge in [0.05, 0.1) is 11.9 Å². The second kappa shape index (κ2) is 7.80. The molecular formula is C8H4KMgO4+. The van der Waals surface area contributed by atoms with E-state index in [4.69, 9.17) is 0 Å². The maximum atomic E-state index is 10.3. The zero-order valence-electron chi connectivity index (χ0n) is 7.65. The van der Waals surface area contributed by atoms with E-state index < -0.39 is 11.9 Å². The molecule has 1 rings (SSSR count). The third-order valence-electron chi connectivity index (χ3n) is 1.37. The van der Waals surface area contributed by atoms with Gasteiger partial charge in [0.2, 0.25) is 0 Å². The third kappa shape index (κ3) is 4.39. The van der Waals surface area contributed by atoms with E-state index in [9.17, 15) is 19.8 Å². The standard InChI is InChI=1S/C8H6O4.K.Mg/c9-7(10)5-3-1-2-4-6(5)8(11)12;;/h1-4H,(H,9,10)(H,11,12);;/q;+1;+2/p-2. The van der Waals surface area contributed by atoms with Crippen LogP contribution in [0.4, 0.5) is 0 Å². The molecule has 14 heavy (non-hydrogen) atoms. The van der Waals surface area contributed by atoms with Crippen LogP contribution in [-0.4, -0.2) is 35.0 Å². The van der Waals surface area contributed by atoms with Crippen LogP contribution in [0.2, 0.25) is 0 Å². The van der Waals surface area contributed by atoms with Gasteiger partial charge in [-0.1, -0.05) is 24.3 Å². The Labute approximate surface area is 139 Å². The molecule has 1 aromatic rings. The minimum Gasteiger partial charge on any atom is -0.545 e. The van der Waals surface area contributed by atoms with Crippen LogP contribution in [0.3, 0.4) is 0 Å². The van der Waals surface area contributed by atoms with Crippen molar-refractivity contribution in [2.24, 2.45) is 0 Å². The van der Waals surface area contributed by atoms with E-state index in [0.717, 1.165) is 12.1 Å². The van der Waals surface area contributed by atoms with E-state index in [1.54, 1.807) is 0 Å². The number of aromatic carboxylic acids is 2. The average Bonchev–Trinajstić information content (AvgIpc) is 2.04. The fourth-order valence-electron chi connectivity index (χ4n) is 0.839. The van der Waals surface area contributed by atoms with Gasteiger partial charge in [0.25, 0.3) is 0 Å². The zero-order chi connectivity index (χ0) is 9.14. The van der Waals surface area contributed by atoms with Crippen molar-refractivity contribution in [1.82, 2.24) is 0 Å². The molecule has 0 saturated heterocycles. The van der Waals surface area contributed by atoms with E-state index >= 15 is 0 Å². The van der Waals surface area contributed by atoms with Gasteiger partial charge in [-0.3, -0.25) is 0 Å². The van der Waals surface area contributed by atoms with Crippen LogP contribution >= 0.6 is 0 Å². The second-order valence-corrected chi connectivity index (χ2v) is 2.12. The summed E-state index contributed by atoms with van der Waals surface area (Å²) in [6.45, 7) is 0. The van der Waals surface area contributed by atoms with Gasteiger partial charge in [-0.2, -0.15) is 0 Å². The van der Waals surface area contributed by atoms with Crippen LogP contribution in [0.5, 0.6) is 0 Å². The van der Waals surface area contributed by atoms with Gasteiger partial charge in [-0.25, -0.2) is 0 Å². The number of carboxylic acid groups (broad SMARTS) is 2. The molecule has 0 aliphatic carbocycles. The molecule has 0 bridgehead atoms. The molecule has 0 aliphatic rings. The van der Waals surface area contributed by atoms with E-state index in [0.29, 0.717) is 0 Å². The molecule has 4 nitrogen and oxygen atoms in total. The van der Waals surface area contributed by atoms with Gasteiger partial charge >= 0.3 is 74.4 Å². The molecule has 0 radical (unpaired) electrons. The number of carboxylic acids is 2. The second-order valence-electron chi connectivity index (χ2n) is 2.12. The van der Waals surface area contributed by atoms with Gasteiger partial charge < -0.3 is 19.8 Å². The Hall–Kier alpha value is 0.563. The van der Waals surface area contributed by atoms with Crippen LogP contribution in [0.1, 0.15) is 20.7 Å². The summed E-state index contributed by atoms with van der Waals surface area (Å²) < 4.78 is 0. The molecule has 0 N–H and O–H groups in total. The van der Waals surface area contributed by atoms with Crippen molar-refractivity contribution in [2.45, 2.75) is 0 Å². The van der Waals surface area contributed by atoms with Crippen molar-refractivity contribution < 1.29 is 71.2 Å². The molecular weight excluding hydrogens is 223 g/mol. The Morgan fingerprint density at radius 2 is 1.21 bits per heavy atom. The van der Waals surface area contributed by atoms with Crippen molar-refractivity contribution in [3.05, 3.63) is 35.4 Å². The fraction of sp³-hybridized carbons (Fsp3) is 0. The molecule has 0 unspecified atom stereocenters. The molecule has 0 heterocycles. The molecule has 6 heteroatoms. The van der Waals surface area contributed by atoms with Crippen LogP contribution in [0.25, 0.3) is 0 Å². The Bertz CT molecular complexity index is 307. The smallest absolute Gasteiger partial charge is 0.545 e. The summed E-state index contributed by atoms with van der Waals surface area (Å²) >= 11 is 0. The summed E-state index contributed by atoms with van der Waals surface area (Å²) in [5.41, 5.74) is -0.727. The van der Waals surface area contributed by atoms with Crippen molar-refractivity contribution in [3.63, 3.8) is 0 Å². The summed E-state index contributed by atoms with van der Waals surface area (Å²) in [5.74, 6) is -3.04. The molecule has 0 saturated carbocycles. The summed E-state index contributed by atoms with van der Waals surface area (Å²) in [7, 11) is 0. The fourth-order valence-corrected chi connectivity index (χ4v) is 0.839. The van der Waals surface area contributed by atoms with Gasteiger partial charge in [-0.05, 0) is 0 Å². The van der Waals surface area contributed by atoms with E-state index in [1.165, 1.54) is 12.1 Å². The van der Waals surface area contributed by atoms with E-state index in [-0.39, 0.29) is 85.6 Å². The predicted octanol–water partition coefficient (Wildman–Crippen LogP) is -4.96. The van der Waals surface area contributed by atoms with Crippen molar-refractivity contribution in [3.8, 4) is 0 Å². The van der Waals surface area contributed by atoms with Gasteiger partial charge in [0.15, 0.2) is 0 Å². The number of benzene rings is 1. The minimum atomic E-state index is -1.52. The van der Waals surface area contributed by atoms with Gasteiger partial charge in [0, 0.05) is 11.1 Å². The molecule has 0 spiro atoms. The summed E-state index contributed by atoms with van der Waals surface area (Å²) in [6, 6.07) is 5.14. The number of hydrogen-bond donors (Lipinski definition) is 0. The molecule has 62 valence electrons. The van der Waals surface area contributed by atoms with Crippen molar-refractivity contribution in [1.29, 1.82) is 0 Å². The zero-order valence-corrected chi connectivity index (χ0v) is 12.2. The normalized spacial score (nSPS) is 8.00. The first-order valence-corrected chi connectivity index (χ1v) is 3.14. The molecule has 0 aliphatic heterocycles. The van der Waals surface area contributed by atoms with Crippen molar-refractivity contribution >= 4 is 35.0 Å².